The van der Waals surface area contributed by atoms with Gasteiger partial charge in [-0.1, -0.05) is 18.2 Å². The molecule has 1 fully saturated rings. The molecule has 3 aromatic rings. The number of aromatic nitrogens is 2. The second-order valence-electron chi connectivity index (χ2n) is 9.57. The van der Waals surface area contributed by atoms with Crippen LogP contribution >= 0.6 is 11.6 Å². The minimum absolute atomic E-state index is 0.0557. The van der Waals surface area contributed by atoms with Crippen molar-refractivity contribution in [1.82, 2.24) is 15.3 Å². The lowest BCUT2D eigenvalue weighted by Gasteiger charge is -2.40. The highest BCUT2D eigenvalue weighted by Gasteiger charge is 2.53. The molecule has 2 amide bonds. The van der Waals surface area contributed by atoms with Crippen LogP contribution < -0.4 is 10.2 Å². The molecule has 198 valence electrons. The molecular formula is C27H24ClF3N4O3. The first kappa shape index (κ1) is 26.1. The molecule has 1 saturated carbocycles. The quantitative estimate of drug-likeness (QED) is 0.459. The van der Waals surface area contributed by atoms with Gasteiger partial charge in [-0.2, -0.15) is 0 Å². The van der Waals surface area contributed by atoms with Gasteiger partial charge < -0.3 is 15.3 Å². The molecule has 0 saturated heterocycles. The van der Waals surface area contributed by atoms with Gasteiger partial charge in [-0.3, -0.25) is 19.6 Å². The third kappa shape index (κ3) is 4.52. The van der Waals surface area contributed by atoms with Crippen LogP contribution in [0.4, 0.5) is 18.9 Å². The van der Waals surface area contributed by atoms with E-state index in [9.17, 15) is 27.9 Å². The van der Waals surface area contributed by atoms with Gasteiger partial charge in [0.15, 0.2) is 5.60 Å². The van der Waals surface area contributed by atoms with Crippen molar-refractivity contribution in [3.05, 3.63) is 89.8 Å². The Morgan fingerprint density at radius 3 is 2.58 bits per heavy atom. The Morgan fingerprint density at radius 2 is 1.87 bits per heavy atom. The molecule has 0 spiro atoms. The van der Waals surface area contributed by atoms with E-state index in [1.807, 2.05) is 0 Å². The largest absolute Gasteiger partial charge is 0.372 e. The van der Waals surface area contributed by atoms with E-state index >= 15 is 0 Å². The first-order valence-corrected chi connectivity index (χ1v) is 12.5. The number of benzene rings is 1. The summed E-state index contributed by atoms with van der Waals surface area (Å²) in [5.41, 5.74) is -1.77. The molecule has 1 aliphatic carbocycles. The Balaban J connectivity index is 1.39. The zero-order valence-corrected chi connectivity index (χ0v) is 20.7. The highest BCUT2D eigenvalue weighted by Crippen LogP contribution is 2.46. The summed E-state index contributed by atoms with van der Waals surface area (Å²) >= 11 is 6.67. The average Bonchev–Trinajstić information content (AvgIpc) is 3.13. The number of anilines is 1. The van der Waals surface area contributed by atoms with E-state index in [1.165, 1.54) is 41.7 Å². The number of pyridine rings is 2. The van der Waals surface area contributed by atoms with Crippen LogP contribution in [0.2, 0.25) is 0 Å². The maximum atomic E-state index is 14.7. The summed E-state index contributed by atoms with van der Waals surface area (Å²) in [7, 11) is 0. The van der Waals surface area contributed by atoms with Crippen molar-refractivity contribution in [2.75, 3.05) is 11.4 Å². The predicted octanol–water partition coefficient (Wildman–Crippen LogP) is 3.90. The highest BCUT2D eigenvalue weighted by atomic mass is 35.5. The van der Waals surface area contributed by atoms with Crippen molar-refractivity contribution in [2.45, 2.75) is 36.3 Å². The number of nitrogens with one attached hydrogen (secondary N) is 1. The fraction of sp³-hybridized carbons (Fsp3) is 0.333. The summed E-state index contributed by atoms with van der Waals surface area (Å²) in [4.78, 5) is 35.1. The number of hydrogen-bond acceptors (Lipinski definition) is 5. The third-order valence-electron chi connectivity index (χ3n) is 7.36. The van der Waals surface area contributed by atoms with Gasteiger partial charge in [-0.05, 0) is 43.0 Å². The van der Waals surface area contributed by atoms with Crippen LogP contribution in [-0.2, 0) is 10.4 Å². The predicted molar refractivity (Wildman–Crippen MR) is 133 cm³/mol. The second kappa shape index (κ2) is 10.3. The number of alkyl halides is 3. The minimum Gasteiger partial charge on any atom is -0.372 e. The molecule has 0 bridgehead atoms. The van der Waals surface area contributed by atoms with Gasteiger partial charge in [0.2, 0.25) is 6.43 Å². The van der Waals surface area contributed by atoms with Crippen LogP contribution in [0.3, 0.4) is 0 Å². The summed E-state index contributed by atoms with van der Waals surface area (Å²) in [5, 5.41) is 13.6. The van der Waals surface area contributed by atoms with E-state index in [0.717, 1.165) is 6.20 Å². The average molecular weight is 545 g/mol. The van der Waals surface area contributed by atoms with Crippen LogP contribution in [0.1, 0.15) is 34.3 Å². The van der Waals surface area contributed by atoms with Gasteiger partial charge in [-0.25, -0.2) is 13.2 Å². The molecule has 11 heteroatoms. The zero-order valence-electron chi connectivity index (χ0n) is 20.0. The number of hydrogen-bond donors (Lipinski definition) is 2. The van der Waals surface area contributed by atoms with Crippen molar-refractivity contribution in [3.63, 3.8) is 0 Å². The summed E-state index contributed by atoms with van der Waals surface area (Å²) < 4.78 is 43.0. The van der Waals surface area contributed by atoms with Gasteiger partial charge in [0.05, 0.1) is 17.4 Å². The molecule has 0 radical (unpaired) electrons. The standard InChI is InChI=1S/C27H24ClF3N4O3/c28-20-11-22(34-25(36)15-4-3-8-32-12-15)17(24(30)31)10-16(20)14-35-23-6-2-1-5-19(23)27(38,26(35)37)18-7-9-33-13-21(18)29/h1-9,12-13,16-17,20,22,24,38H,10-11,14H2,(H,34,36)/t16-,17-,20-,22-,27+/m1/s1. The van der Waals surface area contributed by atoms with E-state index < -0.39 is 52.9 Å². The smallest absolute Gasteiger partial charge is 0.268 e. The van der Waals surface area contributed by atoms with Crippen molar-refractivity contribution in [2.24, 2.45) is 11.8 Å². The van der Waals surface area contributed by atoms with E-state index in [0.29, 0.717) is 5.69 Å². The van der Waals surface area contributed by atoms with Crippen LogP contribution in [0.5, 0.6) is 0 Å². The van der Waals surface area contributed by atoms with Crippen molar-refractivity contribution in [1.29, 1.82) is 0 Å². The van der Waals surface area contributed by atoms with Gasteiger partial charge in [0, 0.05) is 53.6 Å². The summed E-state index contributed by atoms with van der Waals surface area (Å²) in [5.74, 6) is -3.96. The van der Waals surface area contributed by atoms with Crippen LogP contribution in [0.15, 0.2) is 67.3 Å². The van der Waals surface area contributed by atoms with E-state index in [-0.39, 0.29) is 36.1 Å². The maximum Gasteiger partial charge on any atom is 0.268 e. The van der Waals surface area contributed by atoms with Gasteiger partial charge >= 0.3 is 0 Å². The number of nitrogens with zero attached hydrogens (tertiary/aromatic N) is 3. The number of fused-ring (bicyclic) bond motifs is 1. The molecule has 0 unspecified atom stereocenters. The molecule has 1 aliphatic heterocycles. The summed E-state index contributed by atoms with van der Waals surface area (Å²) in [6, 6.07) is 9.88. The molecule has 5 rings (SSSR count). The molecular weight excluding hydrogens is 521 g/mol. The number of carbonyl (C=O) groups excluding carboxylic acids is 2. The molecule has 38 heavy (non-hydrogen) atoms. The lowest BCUT2D eigenvalue weighted by molar-refractivity contribution is -0.132. The molecule has 3 heterocycles. The fourth-order valence-electron chi connectivity index (χ4n) is 5.43. The molecule has 7 nitrogen and oxygen atoms in total. The number of carbonyl (C=O) groups is 2. The minimum atomic E-state index is -2.75. The van der Waals surface area contributed by atoms with E-state index in [2.05, 4.69) is 15.3 Å². The van der Waals surface area contributed by atoms with Crippen LogP contribution in [0.25, 0.3) is 0 Å². The Kier molecular flexibility index (Phi) is 7.11. The Hall–Kier alpha value is -3.50. The number of rotatable bonds is 6. The zero-order chi connectivity index (χ0) is 27.0. The number of para-hydroxylation sites is 1. The molecule has 1 aromatic carbocycles. The first-order chi connectivity index (χ1) is 18.2. The Bertz CT molecular complexity index is 1350. The fourth-order valence-corrected chi connectivity index (χ4v) is 5.81. The van der Waals surface area contributed by atoms with Crippen molar-refractivity contribution < 1.29 is 27.9 Å². The van der Waals surface area contributed by atoms with Gasteiger partial charge in [0.25, 0.3) is 11.8 Å². The maximum absolute atomic E-state index is 14.7. The number of amides is 2. The van der Waals surface area contributed by atoms with Crippen molar-refractivity contribution in [3.8, 4) is 0 Å². The molecule has 2 aromatic heterocycles. The monoisotopic (exact) mass is 544 g/mol. The molecule has 2 N–H and O–H groups in total. The number of halogens is 4. The van der Waals surface area contributed by atoms with E-state index in [1.54, 1.807) is 24.3 Å². The summed E-state index contributed by atoms with van der Waals surface area (Å²) in [6.07, 6.45) is 2.27. The van der Waals surface area contributed by atoms with E-state index in [4.69, 9.17) is 11.6 Å². The van der Waals surface area contributed by atoms with Crippen LogP contribution in [-0.4, -0.2) is 51.3 Å². The normalized spacial score (nSPS) is 26.9. The Labute approximate surface area is 221 Å². The second-order valence-corrected chi connectivity index (χ2v) is 10.1. The first-order valence-electron chi connectivity index (χ1n) is 12.1. The lowest BCUT2D eigenvalue weighted by Crippen LogP contribution is -2.52. The SMILES string of the molecule is O=C(N[C@@H]1C[C@@H](Cl)[C@@H](CN2C(=O)[C@](O)(c3ccncc3F)c3ccccc32)C[C@H]1C(F)F)c1cccnc1. The third-order valence-corrected chi connectivity index (χ3v) is 7.90. The van der Waals surface area contributed by atoms with Crippen LogP contribution in [0, 0.1) is 17.7 Å². The highest BCUT2D eigenvalue weighted by molar-refractivity contribution is 6.21. The van der Waals surface area contributed by atoms with Gasteiger partial charge in [-0.15, -0.1) is 11.6 Å². The summed E-state index contributed by atoms with van der Waals surface area (Å²) in [6.45, 7) is -0.0640. The van der Waals surface area contributed by atoms with Crippen molar-refractivity contribution >= 4 is 29.1 Å². The van der Waals surface area contributed by atoms with Gasteiger partial charge in [0.1, 0.15) is 5.82 Å². The lowest BCUT2D eigenvalue weighted by atomic mass is 9.77. The Morgan fingerprint density at radius 1 is 1.11 bits per heavy atom. The number of aliphatic hydroxyl groups is 1. The molecule has 2 aliphatic rings. The topological polar surface area (TPSA) is 95.4 Å². The molecule has 5 atom stereocenters.